The zero-order chi connectivity index (χ0) is 11.8. The van der Waals surface area contributed by atoms with Gasteiger partial charge in [0.25, 0.3) is 0 Å². The molecule has 0 atom stereocenters. The van der Waals surface area contributed by atoms with E-state index in [0.717, 1.165) is 10.5 Å². The summed E-state index contributed by atoms with van der Waals surface area (Å²) in [5, 5.41) is 9.55. The molecule has 0 radical (unpaired) electrons. The molecular formula is C13H14N2S. The lowest BCUT2D eigenvalue weighted by atomic mass is 9.87. The van der Waals surface area contributed by atoms with Gasteiger partial charge in [-0.2, -0.15) is 5.26 Å². The van der Waals surface area contributed by atoms with Crippen molar-refractivity contribution in [1.29, 1.82) is 5.26 Å². The summed E-state index contributed by atoms with van der Waals surface area (Å²) in [5.41, 5.74) is 2.48. The third kappa shape index (κ3) is 2.07. The first kappa shape index (κ1) is 11.1. The van der Waals surface area contributed by atoms with Crippen LogP contribution in [0.3, 0.4) is 0 Å². The minimum atomic E-state index is 0.160. The van der Waals surface area contributed by atoms with Gasteiger partial charge >= 0.3 is 0 Å². The van der Waals surface area contributed by atoms with Gasteiger partial charge in [0.2, 0.25) is 0 Å². The fourth-order valence-electron chi connectivity index (χ4n) is 1.58. The van der Waals surface area contributed by atoms with Crippen molar-refractivity contribution in [3.05, 3.63) is 28.8 Å². The number of rotatable bonds is 1. The molecule has 0 fully saturated rings. The van der Waals surface area contributed by atoms with E-state index in [0.29, 0.717) is 6.42 Å². The monoisotopic (exact) mass is 230 g/mol. The number of hydrogen-bond donors (Lipinski definition) is 0. The van der Waals surface area contributed by atoms with Gasteiger partial charge in [-0.1, -0.05) is 26.8 Å². The molecule has 2 rings (SSSR count). The Morgan fingerprint density at radius 3 is 2.75 bits per heavy atom. The van der Waals surface area contributed by atoms with Crippen molar-refractivity contribution < 1.29 is 0 Å². The topological polar surface area (TPSA) is 36.7 Å². The van der Waals surface area contributed by atoms with Crippen molar-refractivity contribution >= 4 is 21.6 Å². The molecule has 0 aliphatic rings. The second kappa shape index (κ2) is 3.88. The quantitative estimate of drug-likeness (QED) is 0.749. The first-order valence-electron chi connectivity index (χ1n) is 5.27. The standard InChI is InChI=1S/C13H14N2S/c1-13(2,3)9-4-5-10-11(8-9)16-12(15-10)6-7-14/h4-5,8H,6H2,1-3H3. The smallest absolute Gasteiger partial charge is 0.108 e. The zero-order valence-corrected chi connectivity index (χ0v) is 10.6. The highest BCUT2D eigenvalue weighted by Gasteiger charge is 2.14. The molecule has 2 nitrogen and oxygen atoms in total. The van der Waals surface area contributed by atoms with Crippen LogP contribution in [0.5, 0.6) is 0 Å². The SMILES string of the molecule is CC(C)(C)c1ccc2nc(CC#N)sc2c1. The molecule has 1 aromatic carbocycles. The Hall–Kier alpha value is -1.40. The molecule has 0 saturated carbocycles. The number of thiazole rings is 1. The molecular weight excluding hydrogens is 216 g/mol. The number of nitriles is 1. The lowest BCUT2D eigenvalue weighted by Gasteiger charge is -2.18. The minimum Gasteiger partial charge on any atom is -0.240 e. The van der Waals surface area contributed by atoms with Crippen molar-refractivity contribution in [2.45, 2.75) is 32.6 Å². The Kier molecular flexibility index (Phi) is 2.69. The summed E-state index contributed by atoms with van der Waals surface area (Å²) < 4.78 is 1.18. The van der Waals surface area contributed by atoms with E-state index >= 15 is 0 Å². The van der Waals surface area contributed by atoms with E-state index in [1.807, 2.05) is 6.07 Å². The fraction of sp³-hybridized carbons (Fsp3) is 0.385. The highest BCUT2D eigenvalue weighted by atomic mass is 32.1. The maximum absolute atomic E-state index is 8.65. The molecule has 0 bridgehead atoms. The Morgan fingerprint density at radius 1 is 1.38 bits per heavy atom. The van der Waals surface area contributed by atoms with Gasteiger partial charge in [-0.15, -0.1) is 11.3 Å². The van der Waals surface area contributed by atoms with Gasteiger partial charge in [0.05, 0.1) is 22.7 Å². The number of benzene rings is 1. The number of fused-ring (bicyclic) bond motifs is 1. The molecule has 0 unspecified atom stereocenters. The van der Waals surface area contributed by atoms with Crippen LogP contribution in [0.15, 0.2) is 18.2 Å². The van der Waals surface area contributed by atoms with E-state index in [2.05, 4.69) is 44.0 Å². The third-order valence-electron chi connectivity index (χ3n) is 2.53. The number of hydrogen-bond acceptors (Lipinski definition) is 3. The summed E-state index contributed by atoms with van der Waals surface area (Å²) in [4.78, 5) is 4.42. The van der Waals surface area contributed by atoms with Crippen LogP contribution in [0, 0.1) is 11.3 Å². The first-order valence-corrected chi connectivity index (χ1v) is 6.09. The van der Waals surface area contributed by atoms with E-state index in [-0.39, 0.29) is 5.41 Å². The second-order valence-electron chi connectivity index (χ2n) is 4.87. The summed E-state index contributed by atoms with van der Waals surface area (Å²) >= 11 is 1.62. The largest absolute Gasteiger partial charge is 0.240 e. The lowest BCUT2D eigenvalue weighted by Crippen LogP contribution is -2.10. The normalized spacial score (nSPS) is 11.6. The zero-order valence-electron chi connectivity index (χ0n) is 9.74. The predicted octanol–water partition coefficient (Wildman–Crippen LogP) is 3.66. The summed E-state index contributed by atoms with van der Waals surface area (Å²) in [5.74, 6) is 0. The second-order valence-corrected chi connectivity index (χ2v) is 5.99. The van der Waals surface area contributed by atoms with Crippen LogP contribution < -0.4 is 0 Å². The molecule has 0 N–H and O–H groups in total. The summed E-state index contributed by atoms with van der Waals surface area (Å²) in [7, 11) is 0. The van der Waals surface area contributed by atoms with Crippen molar-refractivity contribution in [3.8, 4) is 6.07 Å². The van der Waals surface area contributed by atoms with Crippen LogP contribution in [-0.4, -0.2) is 4.98 Å². The van der Waals surface area contributed by atoms with Gasteiger partial charge in [-0.25, -0.2) is 4.98 Å². The van der Waals surface area contributed by atoms with Gasteiger partial charge in [0, 0.05) is 0 Å². The van der Waals surface area contributed by atoms with Gasteiger partial charge in [0.1, 0.15) is 5.01 Å². The third-order valence-corrected chi connectivity index (χ3v) is 3.55. The first-order chi connectivity index (χ1) is 7.50. The molecule has 0 aliphatic carbocycles. The predicted molar refractivity (Wildman–Crippen MR) is 67.6 cm³/mol. The molecule has 0 saturated heterocycles. The summed E-state index contributed by atoms with van der Waals surface area (Å²) in [6.45, 7) is 6.60. The van der Waals surface area contributed by atoms with E-state index < -0.39 is 0 Å². The maximum atomic E-state index is 8.65. The van der Waals surface area contributed by atoms with Crippen molar-refractivity contribution in [3.63, 3.8) is 0 Å². The minimum absolute atomic E-state index is 0.160. The lowest BCUT2D eigenvalue weighted by molar-refractivity contribution is 0.591. The molecule has 0 amide bonds. The highest BCUT2D eigenvalue weighted by molar-refractivity contribution is 7.18. The van der Waals surface area contributed by atoms with Crippen molar-refractivity contribution in [2.24, 2.45) is 0 Å². The van der Waals surface area contributed by atoms with E-state index in [4.69, 9.17) is 5.26 Å². The van der Waals surface area contributed by atoms with Gasteiger partial charge in [0.15, 0.2) is 0 Å². The fourth-order valence-corrected chi connectivity index (χ4v) is 2.52. The van der Waals surface area contributed by atoms with Gasteiger partial charge in [-0.05, 0) is 23.1 Å². The Bertz CT molecular complexity index is 555. The molecule has 0 aliphatic heterocycles. The van der Waals surface area contributed by atoms with Crippen LogP contribution >= 0.6 is 11.3 Å². The molecule has 82 valence electrons. The maximum Gasteiger partial charge on any atom is 0.108 e. The molecule has 16 heavy (non-hydrogen) atoms. The molecule has 3 heteroatoms. The average Bonchev–Trinajstić information content (AvgIpc) is 2.57. The van der Waals surface area contributed by atoms with Crippen LogP contribution in [0.4, 0.5) is 0 Å². The summed E-state index contributed by atoms with van der Waals surface area (Å²) in [6.07, 6.45) is 0.407. The Balaban J connectivity index is 2.51. The Morgan fingerprint density at radius 2 is 2.12 bits per heavy atom. The van der Waals surface area contributed by atoms with Crippen molar-refractivity contribution in [2.75, 3.05) is 0 Å². The highest BCUT2D eigenvalue weighted by Crippen LogP contribution is 2.29. The molecule has 1 heterocycles. The summed E-state index contributed by atoms with van der Waals surface area (Å²) in [6, 6.07) is 8.50. The van der Waals surface area contributed by atoms with E-state index in [1.54, 1.807) is 11.3 Å². The van der Waals surface area contributed by atoms with Crippen LogP contribution in [0.25, 0.3) is 10.2 Å². The Labute approximate surface area is 99.6 Å². The number of nitrogens with zero attached hydrogens (tertiary/aromatic N) is 2. The van der Waals surface area contributed by atoms with Gasteiger partial charge in [-0.3, -0.25) is 0 Å². The molecule has 1 aromatic heterocycles. The number of aromatic nitrogens is 1. The molecule has 2 aromatic rings. The van der Waals surface area contributed by atoms with E-state index in [1.165, 1.54) is 10.3 Å². The average molecular weight is 230 g/mol. The van der Waals surface area contributed by atoms with Gasteiger partial charge < -0.3 is 0 Å². The van der Waals surface area contributed by atoms with E-state index in [9.17, 15) is 0 Å². The van der Waals surface area contributed by atoms with Crippen LogP contribution in [-0.2, 0) is 11.8 Å². The van der Waals surface area contributed by atoms with Crippen LogP contribution in [0.2, 0.25) is 0 Å². The van der Waals surface area contributed by atoms with Crippen molar-refractivity contribution in [1.82, 2.24) is 4.98 Å². The molecule has 0 spiro atoms. The van der Waals surface area contributed by atoms with Crippen LogP contribution in [0.1, 0.15) is 31.3 Å².